The number of aromatic nitrogens is 1. The Labute approximate surface area is 91.9 Å². The van der Waals surface area contributed by atoms with Crippen LogP contribution in [-0.2, 0) is 0 Å². The van der Waals surface area contributed by atoms with Crippen LogP contribution in [-0.4, -0.2) is 18.2 Å². The van der Waals surface area contributed by atoms with Crippen molar-refractivity contribution in [1.82, 2.24) is 10.3 Å². The maximum Gasteiger partial charge on any atom is 0.390 e. The van der Waals surface area contributed by atoms with Crippen molar-refractivity contribution in [2.24, 2.45) is 0 Å². The average molecular weight is 233 g/mol. The normalized spacial score (nSPS) is 13.8. The standard InChI is InChI=1S/C10H14F3N3/c1-6-3-4-16-9(14)8(6)7(15-2)5-10(11,12)13/h3-4,7,15H,5H2,1-2H3,(H2,14,16). The molecule has 1 heterocycles. The van der Waals surface area contributed by atoms with Crippen LogP contribution in [0.2, 0.25) is 0 Å². The molecule has 1 atom stereocenters. The second-order valence-electron chi connectivity index (χ2n) is 3.59. The molecule has 6 heteroatoms. The molecule has 1 unspecified atom stereocenters. The van der Waals surface area contributed by atoms with Crippen molar-refractivity contribution < 1.29 is 13.2 Å². The Kier molecular flexibility index (Phi) is 3.74. The number of aryl methyl sites for hydroxylation is 1. The largest absolute Gasteiger partial charge is 0.390 e. The van der Waals surface area contributed by atoms with Gasteiger partial charge in [-0.2, -0.15) is 13.2 Å². The minimum Gasteiger partial charge on any atom is -0.383 e. The number of nitrogen functional groups attached to an aromatic ring is 1. The van der Waals surface area contributed by atoms with E-state index in [0.29, 0.717) is 11.1 Å². The first kappa shape index (κ1) is 12.8. The monoisotopic (exact) mass is 233 g/mol. The smallest absolute Gasteiger partial charge is 0.383 e. The van der Waals surface area contributed by atoms with Crippen molar-refractivity contribution in [3.05, 3.63) is 23.4 Å². The van der Waals surface area contributed by atoms with Crippen molar-refractivity contribution in [3.63, 3.8) is 0 Å². The van der Waals surface area contributed by atoms with Crippen molar-refractivity contribution >= 4 is 5.82 Å². The summed E-state index contributed by atoms with van der Waals surface area (Å²) < 4.78 is 37.0. The van der Waals surface area contributed by atoms with Crippen LogP contribution < -0.4 is 11.1 Å². The maximum atomic E-state index is 12.3. The summed E-state index contributed by atoms with van der Waals surface area (Å²) >= 11 is 0. The second-order valence-corrected chi connectivity index (χ2v) is 3.59. The topological polar surface area (TPSA) is 50.9 Å². The number of hydrogen-bond acceptors (Lipinski definition) is 3. The molecule has 0 spiro atoms. The van der Waals surface area contributed by atoms with Gasteiger partial charge in [-0.25, -0.2) is 4.98 Å². The predicted octanol–water partition coefficient (Wildman–Crippen LogP) is 2.19. The molecule has 0 saturated heterocycles. The quantitative estimate of drug-likeness (QED) is 0.841. The highest BCUT2D eigenvalue weighted by molar-refractivity contribution is 5.46. The number of nitrogens with two attached hydrogens (primary N) is 1. The molecule has 0 fully saturated rings. The molecule has 3 nitrogen and oxygen atoms in total. The van der Waals surface area contributed by atoms with E-state index in [2.05, 4.69) is 10.3 Å². The molecule has 0 amide bonds. The fraction of sp³-hybridized carbons (Fsp3) is 0.500. The van der Waals surface area contributed by atoms with E-state index >= 15 is 0 Å². The van der Waals surface area contributed by atoms with E-state index in [0.717, 1.165) is 0 Å². The van der Waals surface area contributed by atoms with Gasteiger partial charge in [0.25, 0.3) is 0 Å². The summed E-state index contributed by atoms with van der Waals surface area (Å²) in [6, 6.07) is 0.792. The second kappa shape index (κ2) is 4.69. The maximum absolute atomic E-state index is 12.3. The first-order valence-electron chi connectivity index (χ1n) is 4.80. The Balaban J connectivity index is 3.04. The Morgan fingerprint density at radius 1 is 1.50 bits per heavy atom. The lowest BCUT2D eigenvalue weighted by molar-refractivity contribution is -0.140. The molecular weight excluding hydrogens is 219 g/mol. The zero-order valence-electron chi connectivity index (χ0n) is 9.10. The van der Waals surface area contributed by atoms with Crippen LogP contribution in [0.1, 0.15) is 23.6 Å². The van der Waals surface area contributed by atoms with Gasteiger partial charge in [0.05, 0.1) is 6.42 Å². The molecule has 16 heavy (non-hydrogen) atoms. The number of hydrogen-bond donors (Lipinski definition) is 2. The van der Waals surface area contributed by atoms with Crippen LogP contribution >= 0.6 is 0 Å². The molecule has 3 N–H and O–H groups in total. The van der Waals surface area contributed by atoms with Gasteiger partial charge in [0.2, 0.25) is 0 Å². The summed E-state index contributed by atoms with van der Waals surface area (Å²) in [6.07, 6.45) is -3.71. The van der Waals surface area contributed by atoms with Crippen LogP contribution in [0.15, 0.2) is 12.3 Å². The molecule has 1 aromatic rings. The fourth-order valence-corrected chi connectivity index (χ4v) is 1.62. The number of halogens is 3. The van der Waals surface area contributed by atoms with Gasteiger partial charge in [-0.3, -0.25) is 0 Å². The van der Waals surface area contributed by atoms with Crippen LogP contribution in [0, 0.1) is 6.92 Å². The van der Waals surface area contributed by atoms with Crippen LogP contribution in [0.25, 0.3) is 0 Å². The van der Waals surface area contributed by atoms with Gasteiger partial charge < -0.3 is 11.1 Å². The molecule has 0 saturated carbocycles. The number of anilines is 1. The van der Waals surface area contributed by atoms with Crippen molar-refractivity contribution in [3.8, 4) is 0 Å². The van der Waals surface area contributed by atoms with Crippen LogP contribution in [0.5, 0.6) is 0 Å². The highest BCUT2D eigenvalue weighted by Crippen LogP contribution is 2.32. The minimum absolute atomic E-state index is 0.142. The number of rotatable bonds is 3. The van der Waals surface area contributed by atoms with Gasteiger partial charge in [0.1, 0.15) is 5.82 Å². The minimum atomic E-state index is -4.23. The van der Waals surface area contributed by atoms with E-state index in [9.17, 15) is 13.2 Å². The van der Waals surface area contributed by atoms with Gasteiger partial charge in [-0.15, -0.1) is 0 Å². The van der Waals surface area contributed by atoms with Crippen LogP contribution in [0.3, 0.4) is 0 Å². The number of nitrogens with zero attached hydrogens (tertiary/aromatic N) is 1. The third-order valence-electron chi connectivity index (χ3n) is 2.37. The van der Waals surface area contributed by atoms with Crippen molar-refractivity contribution in [2.75, 3.05) is 12.8 Å². The van der Waals surface area contributed by atoms with Gasteiger partial charge >= 0.3 is 6.18 Å². The number of pyridine rings is 1. The highest BCUT2D eigenvalue weighted by Gasteiger charge is 2.33. The van der Waals surface area contributed by atoms with Gasteiger partial charge in [0, 0.05) is 17.8 Å². The zero-order valence-corrected chi connectivity index (χ0v) is 9.10. The van der Waals surface area contributed by atoms with Gasteiger partial charge in [0.15, 0.2) is 0 Å². The van der Waals surface area contributed by atoms with Gasteiger partial charge in [-0.1, -0.05) is 0 Å². The number of nitrogens with one attached hydrogen (secondary N) is 1. The summed E-state index contributed by atoms with van der Waals surface area (Å²) in [7, 11) is 1.47. The lowest BCUT2D eigenvalue weighted by Gasteiger charge is -2.21. The van der Waals surface area contributed by atoms with Crippen molar-refractivity contribution in [2.45, 2.75) is 25.6 Å². The molecule has 0 aliphatic carbocycles. The molecule has 1 rings (SSSR count). The average Bonchev–Trinajstić information content (AvgIpc) is 2.14. The molecule has 0 aliphatic rings. The summed E-state index contributed by atoms with van der Waals surface area (Å²) in [5.74, 6) is 0.142. The fourth-order valence-electron chi connectivity index (χ4n) is 1.62. The SMILES string of the molecule is CNC(CC(F)(F)F)c1c(C)ccnc1N. The molecule has 0 aliphatic heterocycles. The van der Waals surface area contributed by atoms with Crippen LogP contribution in [0.4, 0.5) is 19.0 Å². The van der Waals surface area contributed by atoms with Crippen molar-refractivity contribution in [1.29, 1.82) is 0 Å². The third kappa shape index (κ3) is 3.10. The first-order valence-corrected chi connectivity index (χ1v) is 4.80. The lowest BCUT2D eigenvalue weighted by atomic mass is 10.00. The Hall–Kier alpha value is -1.30. The Morgan fingerprint density at radius 3 is 2.56 bits per heavy atom. The van der Waals surface area contributed by atoms with E-state index < -0.39 is 18.6 Å². The lowest BCUT2D eigenvalue weighted by Crippen LogP contribution is -2.25. The predicted molar refractivity (Wildman–Crippen MR) is 55.9 cm³/mol. The Morgan fingerprint density at radius 2 is 2.12 bits per heavy atom. The highest BCUT2D eigenvalue weighted by atomic mass is 19.4. The van der Waals surface area contributed by atoms with E-state index in [1.54, 1.807) is 13.0 Å². The molecule has 0 bridgehead atoms. The molecular formula is C10H14F3N3. The molecule has 0 aromatic carbocycles. The molecule has 1 aromatic heterocycles. The van der Waals surface area contributed by atoms with E-state index in [-0.39, 0.29) is 5.82 Å². The van der Waals surface area contributed by atoms with Gasteiger partial charge in [-0.05, 0) is 25.6 Å². The number of alkyl halides is 3. The summed E-state index contributed by atoms with van der Waals surface area (Å²) in [5, 5.41) is 2.62. The Bertz CT molecular complexity index is 343. The molecule has 90 valence electrons. The van der Waals surface area contributed by atoms with E-state index in [4.69, 9.17) is 5.73 Å². The molecule has 0 radical (unpaired) electrons. The van der Waals surface area contributed by atoms with E-state index in [1.165, 1.54) is 13.2 Å². The van der Waals surface area contributed by atoms with E-state index in [1.807, 2.05) is 0 Å². The first-order chi connectivity index (χ1) is 7.35. The summed E-state index contributed by atoms with van der Waals surface area (Å²) in [4.78, 5) is 3.81. The summed E-state index contributed by atoms with van der Waals surface area (Å²) in [5.41, 5.74) is 6.72. The zero-order chi connectivity index (χ0) is 12.3. The third-order valence-corrected chi connectivity index (χ3v) is 2.37. The summed E-state index contributed by atoms with van der Waals surface area (Å²) in [6.45, 7) is 1.72.